The number of imidazole rings is 1. The van der Waals surface area contributed by atoms with E-state index in [0.717, 1.165) is 5.52 Å². The first kappa shape index (κ1) is 9.85. The van der Waals surface area contributed by atoms with E-state index < -0.39 is 5.54 Å². The number of nitrogens with zero attached hydrogens (tertiary/aromatic N) is 3. The summed E-state index contributed by atoms with van der Waals surface area (Å²) in [6.07, 6.45) is 3.01. The lowest BCUT2D eigenvalue weighted by atomic mass is 10.1. The molecule has 0 aliphatic rings. The van der Waals surface area contributed by atoms with Crippen molar-refractivity contribution < 1.29 is 5.11 Å². The van der Waals surface area contributed by atoms with E-state index in [-0.39, 0.29) is 6.61 Å². The predicted molar refractivity (Wildman–Crippen MR) is 56.5 cm³/mol. The molecule has 0 saturated heterocycles. The maximum Gasteiger partial charge on any atom is 0.182 e. The number of anilines is 1. The topological polar surface area (TPSA) is 86.7 Å². The van der Waals surface area contributed by atoms with Gasteiger partial charge in [-0.25, -0.2) is 15.0 Å². The first-order valence-corrected chi connectivity index (χ1v) is 4.65. The van der Waals surface area contributed by atoms with Gasteiger partial charge in [-0.05, 0) is 13.8 Å². The summed E-state index contributed by atoms with van der Waals surface area (Å²) in [5.74, 6) is 0.650. The molecule has 2 aromatic rings. The van der Waals surface area contributed by atoms with E-state index in [0.29, 0.717) is 11.5 Å². The Balaban J connectivity index is 2.39. The van der Waals surface area contributed by atoms with Crippen LogP contribution in [0.25, 0.3) is 11.2 Å². The zero-order valence-corrected chi connectivity index (χ0v) is 8.65. The van der Waals surface area contributed by atoms with E-state index >= 15 is 0 Å². The Kier molecular flexibility index (Phi) is 2.28. The highest BCUT2D eigenvalue weighted by Gasteiger charge is 2.18. The molecule has 2 heterocycles. The van der Waals surface area contributed by atoms with E-state index in [4.69, 9.17) is 5.11 Å². The fraction of sp³-hybridized carbons (Fsp3) is 0.444. The molecule has 0 saturated carbocycles. The van der Waals surface area contributed by atoms with Gasteiger partial charge in [0.15, 0.2) is 11.5 Å². The Morgan fingerprint density at radius 2 is 2.20 bits per heavy atom. The second-order valence-corrected chi connectivity index (χ2v) is 3.99. The van der Waals surface area contributed by atoms with Gasteiger partial charge in [0.1, 0.15) is 11.8 Å². The van der Waals surface area contributed by atoms with Gasteiger partial charge in [-0.1, -0.05) is 0 Å². The van der Waals surface area contributed by atoms with Crippen LogP contribution in [-0.4, -0.2) is 37.2 Å². The fourth-order valence-electron chi connectivity index (χ4n) is 1.22. The van der Waals surface area contributed by atoms with Crippen molar-refractivity contribution in [1.82, 2.24) is 19.9 Å². The third-order valence-corrected chi connectivity index (χ3v) is 2.08. The van der Waals surface area contributed by atoms with Crippen LogP contribution in [0.4, 0.5) is 5.82 Å². The quantitative estimate of drug-likeness (QED) is 0.683. The Morgan fingerprint density at radius 3 is 2.93 bits per heavy atom. The van der Waals surface area contributed by atoms with E-state index in [1.807, 2.05) is 13.8 Å². The molecule has 80 valence electrons. The third-order valence-electron chi connectivity index (χ3n) is 2.08. The first-order valence-electron chi connectivity index (χ1n) is 4.65. The van der Waals surface area contributed by atoms with Crippen molar-refractivity contribution in [2.45, 2.75) is 19.4 Å². The molecular formula is C9H13N5O. The minimum absolute atomic E-state index is 0.0205. The monoisotopic (exact) mass is 207 g/mol. The van der Waals surface area contributed by atoms with Gasteiger partial charge in [-0.3, -0.25) is 0 Å². The smallest absolute Gasteiger partial charge is 0.182 e. The second kappa shape index (κ2) is 3.47. The number of hydrogen-bond acceptors (Lipinski definition) is 5. The molecule has 0 atom stereocenters. The molecule has 0 aliphatic carbocycles. The van der Waals surface area contributed by atoms with Crippen LogP contribution in [0.2, 0.25) is 0 Å². The van der Waals surface area contributed by atoms with Gasteiger partial charge in [-0.15, -0.1) is 0 Å². The number of aromatic amines is 1. The standard InChI is InChI=1S/C9H13N5O/c1-9(2,3-15)14-8-6-7(11-4-10-6)12-5-13-8/h4-5,15H,3H2,1-2H3,(H2,10,11,12,13,14). The maximum atomic E-state index is 9.15. The summed E-state index contributed by atoms with van der Waals surface area (Å²) in [6.45, 7) is 3.79. The summed E-state index contributed by atoms with van der Waals surface area (Å²) < 4.78 is 0. The van der Waals surface area contributed by atoms with E-state index in [2.05, 4.69) is 25.3 Å². The average molecular weight is 207 g/mol. The number of hydrogen-bond donors (Lipinski definition) is 3. The van der Waals surface area contributed by atoms with Gasteiger partial charge < -0.3 is 15.4 Å². The highest BCUT2D eigenvalue weighted by Crippen LogP contribution is 2.18. The Hall–Kier alpha value is -1.69. The van der Waals surface area contributed by atoms with Crippen LogP contribution in [0.5, 0.6) is 0 Å². The Bertz CT molecular complexity index is 464. The van der Waals surface area contributed by atoms with E-state index in [1.54, 1.807) is 6.33 Å². The van der Waals surface area contributed by atoms with Gasteiger partial charge in [-0.2, -0.15) is 0 Å². The molecule has 15 heavy (non-hydrogen) atoms. The largest absolute Gasteiger partial charge is 0.394 e. The number of aliphatic hydroxyl groups excluding tert-OH is 1. The van der Waals surface area contributed by atoms with Crippen LogP contribution < -0.4 is 5.32 Å². The lowest BCUT2D eigenvalue weighted by Gasteiger charge is -2.23. The molecule has 2 aromatic heterocycles. The molecule has 6 heteroatoms. The van der Waals surface area contributed by atoms with E-state index in [1.165, 1.54) is 6.33 Å². The molecule has 0 fully saturated rings. The van der Waals surface area contributed by atoms with E-state index in [9.17, 15) is 0 Å². The number of H-pyrrole nitrogens is 1. The lowest BCUT2D eigenvalue weighted by Crippen LogP contribution is -2.35. The van der Waals surface area contributed by atoms with Crippen LogP contribution in [-0.2, 0) is 0 Å². The SMILES string of the molecule is CC(C)(CO)Nc1ncnc2nc[nH]c12. The van der Waals surface area contributed by atoms with Gasteiger partial charge in [0.05, 0.1) is 18.5 Å². The minimum Gasteiger partial charge on any atom is -0.394 e. The van der Waals surface area contributed by atoms with Crippen LogP contribution >= 0.6 is 0 Å². The summed E-state index contributed by atoms with van der Waals surface area (Å²) in [7, 11) is 0. The molecule has 6 nitrogen and oxygen atoms in total. The van der Waals surface area contributed by atoms with Crippen LogP contribution in [0.15, 0.2) is 12.7 Å². The van der Waals surface area contributed by atoms with Gasteiger partial charge >= 0.3 is 0 Å². The summed E-state index contributed by atoms with van der Waals surface area (Å²) in [6, 6.07) is 0. The molecule has 2 rings (SSSR count). The molecule has 0 aliphatic heterocycles. The summed E-state index contributed by atoms with van der Waals surface area (Å²) in [4.78, 5) is 15.1. The molecule has 0 aromatic carbocycles. The van der Waals surface area contributed by atoms with Crippen molar-refractivity contribution in [3.8, 4) is 0 Å². The zero-order chi connectivity index (χ0) is 10.9. The van der Waals surface area contributed by atoms with Crippen molar-refractivity contribution in [3.63, 3.8) is 0 Å². The normalized spacial score (nSPS) is 11.9. The lowest BCUT2D eigenvalue weighted by molar-refractivity contribution is 0.234. The molecular weight excluding hydrogens is 194 g/mol. The summed E-state index contributed by atoms with van der Waals surface area (Å²) in [5, 5.41) is 12.3. The van der Waals surface area contributed by atoms with Crippen molar-refractivity contribution in [1.29, 1.82) is 0 Å². The number of aromatic nitrogens is 4. The molecule has 0 spiro atoms. The maximum absolute atomic E-state index is 9.15. The summed E-state index contributed by atoms with van der Waals surface area (Å²) >= 11 is 0. The fourth-order valence-corrected chi connectivity index (χ4v) is 1.22. The van der Waals surface area contributed by atoms with Crippen LogP contribution in [0.3, 0.4) is 0 Å². The number of aliphatic hydroxyl groups is 1. The molecule has 0 amide bonds. The van der Waals surface area contributed by atoms with Crippen LogP contribution in [0.1, 0.15) is 13.8 Å². The molecule has 3 N–H and O–H groups in total. The average Bonchev–Trinajstić information content (AvgIpc) is 2.66. The van der Waals surface area contributed by atoms with Gasteiger partial charge in [0.2, 0.25) is 0 Å². The zero-order valence-electron chi connectivity index (χ0n) is 8.65. The van der Waals surface area contributed by atoms with Crippen molar-refractivity contribution >= 4 is 17.0 Å². The Morgan fingerprint density at radius 1 is 1.40 bits per heavy atom. The minimum atomic E-state index is -0.424. The van der Waals surface area contributed by atoms with Crippen molar-refractivity contribution in [3.05, 3.63) is 12.7 Å². The number of fused-ring (bicyclic) bond motifs is 1. The molecule has 0 radical (unpaired) electrons. The number of nitrogens with one attached hydrogen (secondary N) is 2. The highest BCUT2D eigenvalue weighted by atomic mass is 16.3. The van der Waals surface area contributed by atoms with Gasteiger partial charge in [0, 0.05) is 0 Å². The predicted octanol–water partition coefficient (Wildman–Crippen LogP) is 0.536. The molecule has 0 bridgehead atoms. The summed E-state index contributed by atoms with van der Waals surface area (Å²) in [5.41, 5.74) is 0.937. The number of rotatable bonds is 3. The first-order chi connectivity index (χ1) is 7.12. The third kappa shape index (κ3) is 1.89. The van der Waals surface area contributed by atoms with Crippen molar-refractivity contribution in [2.24, 2.45) is 0 Å². The van der Waals surface area contributed by atoms with Crippen LogP contribution in [0, 0.1) is 0 Å². The molecule has 0 unspecified atom stereocenters. The highest BCUT2D eigenvalue weighted by molar-refractivity contribution is 5.82. The van der Waals surface area contributed by atoms with Crippen molar-refractivity contribution in [2.75, 3.05) is 11.9 Å². The Labute approximate surface area is 86.8 Å². The van der Waals surface area contributed by atoms with Gasteiger partial charge in [0.25, 0.3) is 0 Å². The second-order valence-electron chi connectivity index (χ2n) is 3.99.